The number of aromatic nitrogens is 1. The summed E-state index contributed by atoms with van der Waals surface area (Å²) < 4.78 is 1.32. The molecular weight excluding hydrogens is 321 g/mol. The first-order valence-electron chi connectivity index (χ1n) is 5.52. The number of pyridine rings is 1. The predicted molar refractivity (Wildman–Crippen MR) is 71.7 cm³/mol. The number of benzene rings is 1. The first-order valence-corrected chi connectivity index (χ1v) is 15.5. The van der Waals surface area contributed by atoms with E-state index in [2.05, 4.69) is 25.9 Å². The van der Waals surface area contributed by atoms with Crippen molar-refractivity contribution < 1.29 is 9.90 Å². The van der Waals surface area contributed by atoms with Gasteiger partial charge in [-0.3, -0.25) is 0 Å². The summed E-state index contributed by atoms with van der Waals surface area (Å²) in [6, 6.07) is 7.60. The fraction of sp³-hybridized carbons (Fsp3) is 0.231. The molecule has 0 saturated carbocycles. The maximum absolute atomic E-state index is 11.2. The second-order valence-corrected chi connectivity index (χ2v) is 19.6. The van der Waals surface area contributed by atoms with Gasteiger partial charge in [0.05, 0.1) is 0 Å². The number of hydrogen-bond acceptors (Lipinski definition) is 2. The standard InChI is InChI=1S/C10H6NO2.3CH3.Sn/c12-10(13)8-5-6-11-9-4-2-1-3-7(8)9;;;;/h2-6H,(H,12,13);3*1H3;. The van der Waals surface area contributed by atoms with E-state index in [1.165, 1.54) is 3.58 Å². The molecule has 2 rings (SSSR count). The number of nitrogens with zero attached hydrogens (tertiary/aromatic N) is 1. The van der Waals surface area contributed by atoms with Crippen LogP contribution in [0.5, 0.6) is 0 Å². The Kier molecular flexibility index (Phi) is 3.12. The summed E-state index contributed by atoms with van der Waals surface area (Å²) in [5.74, 6) is -0.890. The molecule has 0 bridgehead atoms. The normalized spacial score (nSPS) is 11.7. The van der Waals surface area contributed by atoms with E-state index >= 15 is 0 Å². The summed E-state index contributed by atoms with van der Waals surface area (Å²) in [4.78, 5) is 22.3. The van der Waals surface area contributed by atoms with E-state index in [4.69, 9.17) is 5.11 Å². The van der Waals surface area contributed by atoms with Crippen LogP contribution in [0.3, 0.4) is 0 Å². The molecule has 1 heterocycles. The van der Waals surface area contributed by atoms with Gasteiger partial charge in [-0.2, -0.15) is 0 Å². The van der Waals surface area contributed by atoms with Gasteiger partial charge in [-0.05, 0) is 0 Å². The van der Waals surface area contributed by atoms with Crippen molar-refractivity contribution >= 4 is 38.8 Å². The first kappa shape index (κ1) is 12.4. The van der Waals surface area contributed by atoms with Gasteiger partial charge in [-0.15, -0.1) is 0 Å². The Morgan fingerprint density at radius 2 is 1.94 bits per heavy atom. The molecule has 4 heteroatoms. The number of carboxylic acid groups (broad SMARTS) is 1. The molecule has 0 radical (unpaired) electrons. The zero-order valence-corrected chi connectivity index (χ0v) is 13.0. The van der Waals surface area contributed by atoms with Gasteiger partial charge in [0, 0.05) is 0 Å². The first-order chi connectivity index (χ1) is 7.89. The molecule has 1 aromatic heterocycles. The molecule has 0 spiro atoms. The summed E-state index contributed by atoms with van der Waals surface area (Å²) >= 11 is -2.16. The Balaban J connectivity index is 2.75. The SMILES string of the molecule is [CH3][Sn]([CH3])([CH3])[c]1ccc2nccc(C(=O)O)c2c1. The Morgan fingerprint density at radius 3 is 2.53 bits per heavy atom. The van der Waals surface area contributed by atoms with E-state index in [0.717, 1.165) is 10.9 Å². The fourth-order valence-electron chi connectivity index (χ4n) is 1.80. The average molecular weight is 336 g/mol. The van der Waals surface area contributed by atoms with E-state index in [1.54, 1.807) is 12.3 Å². The van der Waals surface area contributed by atoms with E-state index in [1.807, 2.05) is 12.1 Å². The van der Waals surface area contributed by atoms with Crippen LogP contribution in [0.1, 0.15) is 10.4 Å². The minimum atomic E-state index is -2.16. The van der Waals surface area contributed by atoms with Crippen molar-refractivity contribution in [2.24, 2.45) is 0 Å². The monoisotopic (exact) mass is 337 g/mol. The van der Waals surface area contributed by atoms with Crippen LogP contribution in [0.15, 0.2) is 30.5 Å². The van der Waals surface area contributed by atoms with Crippen molar-refractivity contribution in [2.75, 3.05) is 0 Å². The van der Waals surface area contributed by atoms with Crippen LogP contribution in [0.4, 0.5) is 0 Å². The van der Waals surface area contributed by atoms with Crippen molar-refractivity contribution in [2.45, 2.75) is 14.8 Å². The van der Waals surface area contributed by atoms with Crippen molar-refractivity contribution in [3.8, 4) is 0 Å². The molecule has 17 heavy (non-hydrogen) atoms. The van der Waals surface area contributed by atoms with Crippen LogP contribution in [0, 0.1) is 0 Å². The van der Waals surface area contributed by atoms with E-state index < -0.39 is 24.3 Å². The second-order valence-electron chi connectivity index (χ2n) is 5.15. The van der Waals surface area contributed by atoms with Crippen LogP contribution < -0.4 is 3.58 Å². The van der Waals surface area contributed by atoms with E-state index in [9.17, 15) is 4.79 Å². The van der Waals surface area contributed by atoms with Gasteiger partial charge in [0.15, 0.2) is 0 Å². The molecule has 3 nitrogen and oxygen atoms in total. The molecule has 0 aliphatic carbocycles. The molecule has 1 aromatic carbocycles. The third-order valence-corrected chi connectivity index (χ3v) is 8.67. The number of fused-ring (bicyclic) bond motifs is 1. The zero-order valence-electron chi connectivity index (χ0n) is 10.2. The van der Waals surface area contributed by atoms with Crippen LogP contribution in [-0.4, -0.2) is 34.4 Å². The molecule has 0 aliphatic rings. The Hall–Kier alpha value is -1.10. The molecule has 0 fully saturated rings. The Morgan fingerprint density at radius 1 is 1.24 bits per heavy atom. The molecular formula is C13H15NO2Sn. The molecule has 88 valence electrons. The van der Waals surface area contributed by atoms with Crippen LogP contribution >= 0.6 is 0 Å². The van der Waals surface area contributed by atoms with Gasteiger partial charge >= 0.3 is 105 Å². The maximum atomic E-state index is 11.2. The fourth-order valence-corrected chi connectivity index (χ4v) is 5.11. The number of rotatable bonds is 2. The van der Waals surface area contributed by atoms with Crippen LogP contribution in [-0.2, 0) is 0 Å². The summed E-state index contributed by atoms with van der Waals surface area (Å²) in [6.07, 6.45) is 1.55. The summed E-state index contributed by atoms with van der Waals surface area (Å²) in [5, 5.41) is 9.92. The van der Waals surface area contributed by atoms with Gasteiger partial charge in [0.1, 0.15) is 0 Å². The van der Waals surface area contributed by atoms with Crippen molar-refractivity contribution in [1.82, 2.24) is 4.98 Å². The quantitative estimate of drug-likeness (QED) is 0.858. The molecule has 0 atom stereocenters. The average Bonchev–Trinajstić information content (AvgIpc) is 2.26. The number of aromatic carboxylic acids is 1. The molecule has 0 aliphatic heterocycles. The third kappa shape index (κ3) is 2.44. The van der Waals surface area contributed by atoms with E-state index in [0.29, 0.717) is 5.56 Å². The topological polar surface area (TPSA) is 50.2 Å². The number of hydrogen-bond donors (Lipinski definition) is 1. The van der Waals surface area contributed by atoms with Gasteiger partial charge in [-0.25, -0.2) is 0 Å². The molecule has 0 amide bonds. The van der Waals surface area contributed by atoms with Crippen LogP contribution in [0.25, 0.3) is 10.9 Å². The van der Waals surface area contributed by atoms with Crippen molar-refractivity contribution in [3.05, 3.63) is 36.0 Å². The molecule has 0 unspecified atom stereocenters. The summed E-state index contributed by atoms with van der Waals surface area (Å²) in [7, 11) is 0. The Bertz CT molecular complexity index is 587. The number of carbonyl (C=O) groups is 1. The third-order valence-electron chi connectivity index (χ3n) is 2.84. The number of carboxylic acids is 1. The van der Waals surface area contributed by atoms with Gasteiger partial charge in [0.2, 0.25) is 0 Å². The summed E-state index contributed by atoms with van der Waals surface area (Å²) in [5.41, 5.74) is 1.09. The van der Waals surface area contributed by atoms with Crippen molar-refractivity contribution in [3.63, 3.8) is 0 Å². The molecule has 0 saturated heterocycles. The van der Waals surface area contributed by atoms with Gasteiger partial charge in [0.25, 0.3) is 0 Å². The summed E-state index contributed by atoms with van der Waals surface area (Å²) in [6.45, 7) is 0. The Labute approximate surface area is 104 Å². The van der Waals surface area contributed by atoms with E-state index in [-0.39, 0.29) is 0 Å². The minimum absolute atomic E-state index is 0.340. The van der Waals surface area contributed by atoms with Crippen LogP contribution in [0.2, 0.25) is 14.8 Å². The molecule has 2 aromatic rings. The van der Waals surface area contributed by atoms with Crippen molar-refractivity contribution in [1.29, 1.82) is 0 Å². The van der Waals surface area contributed by atoms with Gasteiger partial charge < -0.3 is 0 Å². The molecule has 1 N–H and O–H groups in total. The zero-order chi connectivity index (χ0) is 12.6. The van der Waals surface area contributed by atoms with Gasteiger partial charge in [-0.1, -0.05) is 0 Å². The second kappa shape index (κ2) is 4.29. The predicted octanol–water partition coefficient (Wildman–Crippen LogP) is 2.48.